The standard InChI is InChI=1S/C28H25F3N4O2S/c1-17(2)37-26-9-4-18(16-34-26)24-14-19(28(29,30)31)5-7-21(24)22-10-13-36-25-15-20(6-8-23(22)25)38-35-27-32-11-3-12-33-27/h3-9,11-12,14-17,22H,10,13H2,1-2H3,(H,32,33,35). The summed E-state index contributed by atoms with van der Waals surface area (Å²) in [5.74, 6) is 1.47. The van der Waals surface area contributed by atoms with Gasteiger partial charge in [-0.2, -0.15) is 13.2 Å². The number of alkyl halides is 3. The van der Waals surface area contributed by atoms with E-state index < -0.39 is 11.7 Å². The Kier molecular flexibility index (Phi) is 7.42. The van der Waals surface area contributed by atoms with E-state index in [-0.39, 0.29) is 12.0 Å². The molecule has 2 aromatic carbocycles. The molecule has 4 aromatic rings. The summed E-state index contributed by atoms with van der Waals surface area (Å²) in [7, 11) is 0. The first-order valence-corrected chi connectivity index (χ1v) is 12.9. The molecule has 1 aliphatic heterocycles. The van der Waals surface area contributed by atoms with Crippen molar-refractivity contribution in [2.75, 3.05) is 11.3 Å². The predicted molar refractivity (Wildman–Crippen MR) is 140 cm³/mol. The van der Waals surface area contributed by atoms with E-state index in [4.69, 9.17) is 9.47 Å². The summed E-state index contributed by atoms with van der Waals surface area (Å²) >= 11 is 1.35. The molecule has 10 heteroatoms. The summed E-state index contributed by atoms with van der Waals surface area (Å²) in [6.07, 6.45) is 0.979. The van der Waals surface area contributed by atoms with E-state index >= 15 is 0 Å². The number of benzene rings is 2. The van der Waals surface area contributed by atoms with Crippen LogP contribution in [0.3, 0.4) is 0 Å². The van der Waals surface area contributed by atoms with Gasteiger partial charge in [0.2, 0.25) is 11.8 Å². The minimum atomic E-state index is -4.46. The molecule has 1 atom stereocenters. The van der Waals surface area contributed by atoms with Gasteiger partial charge in [0.05, 0.1) is 18.3 Å². The van der Waals surface area contributed by atoms with Crippen LogP contribution in [-0.2, 0) is 6.18 Å². The van der Waals surface area contributed by atoms with Crippen molar-refractivity contribution < 1.29 is 22.6 Å². The fourth-order valence-corrected chi connectivity index (χ4v) is 4.97. The van der Waals surface area contributed by atoms with Crippen LogP contribution in [0.25, 0.3) is 11.1 Å². The number of nitrogens with zero attached hydrogens (tertiary/aromatic N) is 3. The van der Waals surface area contributed by atoms with Crippen molar-refractivity contribution in [3.05, 3.63) is 89.9 Å². The number of ether oxygens (including phenoxy) is 2. The monoisotopic (exact) mass is 538 g/mol. The summed E-state index contributed by atoms with van der Waals surface area (Å²) in [5.41, 5.74) is 2.09. The Labute approximate surface area is 222 Å². The van der Waals surface area contributed by atoms with Gasteiger partial charge >= 0.3 is 6.18 Å². The maximum absolute atomic E-state index is 13.7. The molecule has 0 saturated carbocycles. The summed E-state index contributed by atoms with van der Waals surface area (Å²) in [4.78, 5) is 13.5. The van der Waals surface area contributed by atoms with Gasteiger partial charge < -0.3 is 9.47 Å². The SMILES string of the molecule is CC(C)Oc1ccc(-c2cc(C(F)(F)F)ccc2C2CCOc3cc(SNc4ncccn4)ccc32)cn1. The highest BCUT2D eigenvalue weighted by Crippen LogP contribution is 2.44. The van der Waals surface area contributed by atoms with Crippen molar-refractivity contribution in [3.63, 3.8) is 0 Å². The molecule has 5 rings (SSSR count). The molecule has 0 fully saturated rings. The predicted octanol–water partition coefficient (Wildman–Crippen LogP) is 7.38. The van der Waals surface area contributed by atoms with Gasteiger partial charge in [-0.25, -0.2) is 15.0 Å². The van der Waals surface area contributed by atoms with Gasteiger partial charge in [-0.05, 0) is 79.7 Å². The third-order valence-electron chi connectivity index (χ3n) is 6.01. The molecule has 0 saturated heterocycles. The minimum Gasteiger partial charge on any atom is -0.493 e. The second kappa shape index (κ2) is 10.9. The lowest BCUT2D eigenvalue weighted by Gasteiger charge is -2.29. The number of nitrogens with one attached hydrogen (secondary N) is 1. The normalized spacial score (nSPS) is 15.1. The van der Waals surface area contributed by atoms with Crippen LogP contribution in [0.1, 0.15) is 42.9 Å². The molecule has 1 unspecified atom stereocenters. The van der Waals surface area contributed by atoms with Crippen molar-refractivity contribution in [3.8, 4) is 22.8 Å². The Morgan fingerprint density at radius 3 is 2.50 bits per heavy atom. The number of pyridine rings is 1. The van der Waals surface area contributed by atoms with Crippen molar-refractivity contribution in [2.45, 2.75) is 43.4 Å². The molecule has 196 valence electrons. The minimum absolute atomic E-state index is 0.0605. The molecular weight excluding hydrogens is 513 g/mol. The molecule has 0 bridgehead atoms. The van der Waals surface area contributed by atoms with Crippen LogP contribution < -0.4 is 14.2 Å². The zero-order valence-corrected chi connectivity index (χ0v) is 21.5. The lowest BCUT2D eigenvalue weighted by atomic mass is 9.82. The smallest absolute Gasteiger partial charge is 0.416 e. The molecule has 0 radical (unpaired) electrons. The van der Waals surface area contributed by atoms with Crippen LogP contribution in [0.5, 0.6) is 11.6 Å². The van der Waals surface area contributed by atoms with Gasteiger partial charge in [0.25, 0.3) is 0 Å². The van der Waals surface area contributed by atoms with Crippen molar-refractivity contribution >= 4 is 17.9 Å². The first-order valence-electron chi connectivity index (χ1n) is 12.1. The van der Waals surface area contributed by atoms with Crippen molar-refractivity contribution in [2.24, 2.45) is 0 Å². The van der Waals surface area contributed by atoms with E-state index in [0.29, 0.717) is 41.7 Å². The van der Waals surface area contributed by atoms with Crippen molar-refractivity contribution in [1.29, 1.82) is 0 Å². The van der Waals surface area contributed by atoms with Gasteiger partial charge in [-0.1, -0.05) is 12.1 Å². The van der Waals surface area contributed by atoms with Crippen LogP contribution in [0.4, 0.5) is 19.1 Å². The first kappa shape index (κ1) is 25.8. The molecule has 0 amide bonds. The highest BCUT2D eigenvalue weighted by Gasteiger charge is 2.33. The number of rotatable bonds is 7. The number of hydrogen-bond acceptors (Lipinski definition) is 7. The molecule has 1 aliphatic rings. The number of fused-ring (bicyclic) bond motifs is 1. The zero-order chi connectivity index (χ0) is 26.7. The highest BCUT2D eigenvalue weighted by molar-refractivity contribution is 8.00. The van der Waals surface area contributed by atoms with Crippen LogP contribution in [-0.4, -0.2) is 27.7 Å². The van der Waals surface area contributed by atoms with Crippen molar-refractivity contribution in [1.82, 2.24) is 15.0 Å². The molecule has 1 N–H and O–H groups in total. The second-order valence-electron chi connectivity index (χ2n) is 9.02. The lowest BCUT2D eigenvalue weighted by Crippen LogP contribution is -2.16. The van der Waals surface area contributed by atoms with E-state index in [1.54, 1.807) is 42.9 Å². The van der Waals surface area contributed by atoms with E-state index in [1.807, 2.05) is 32.0 Å². The van der Waals surface area contributed by atoms with Gasteiger partial charge in [-0.3, -0.25) is 4.72 Å². The van der Waals surface area contributed by atoms with Crippen LogP contribution in [0, 0.1) is 0 Å². The van der Waals surface area contributed by atoms with E-state index in [2.05, 4.69) is 19.7 Å². The molecule has 6 nitrogen and oxygen atoms in total. The lowest BCUT2D eigenvalue weighted by molar-refractivity contribution is -0.137. The maximum Gasteiger partial charge on any atom is 0.416 e. The topological polar surface area (TPSA) is 69.2 Å². The Morgan fingerprint density at radius 1 is 1.00 bits per heavy atom. The second-order valence-corrected chi connectivity index (χ2v) is 9.90. The Bertz CT molecular complexity index is 1400. The summed E-state index contributed by atoms with van der Waals surface area (Å²) in [5, 5.41) is 0. The summed E-state index contributed by atoms with van der Waals surface area (Å²) in [6, 6.07) is 14.9. The molecule has 0 spiro atoms. The first-order chi connectivity index (χ1) is 18.3. The fourth-order valence-electron chi connectivity index (χ4n) is 4.35. The van der Waals surface area contributed by atoms with E-state index in [1.165, 1.54) is 18.0 Å². The van der Waals surface area contributed by atoms with E-state index in [9.17, 15) is 13.2 Å². The molecule has 0 aliphatic carbocycles. The molecular formula is C28H25F3N4O2S. The van der Waals surface area contributed by atoms with Crippen LogP contribution in [0.15, 0.2) is 78.1 Å². The maximum atomic E-state index is 13.7. The largest absolute Gasteiger partial charge is 0.493 e. The van der Waals surface area contributed by atoms with Crippen LogP contribution in [0.2, 0.25) is 0 Å². The van der Waals surface area contributed by atoms with Gasteiger partial charge in [0.15, 0.2) is 0 Å². The number of aromatic nitrogens is 3. The number of anilines is 1. The molecule has 38 heavy (non-hydrogen) atoms. The van der Waals surface area contributed by atoms with Gasteiger partial charge in [-0.15, -0.1) is 0 Å². The average molecular weight is 539 g/mol. The third kappa shape index (κ3) is 5.85. The Morgan fingerprint density at radius 2 is 1.79 bits per heavy atom. The summed E-state index contributed by atoms with van der Waals surface area (Å²) < 4.78 is 55.7. The fraction of sp³-hybridized carbons (Fsp3) is 0.250. The Hall–Kier alpha value is -3.79. The number of halogens is 3. The average Bonchev–Trinajstić information content (AvgIpc) is 2.91. The number of hydrogen-bond donors (Lipinski definition) is 1. The van der Waals surface area contributed by atoms with E-state index in [0.717, 1.165) is 22.1 Å². The Balaban J connectivity index is 1.49. The molecule has 2 aromatic heterocycles. The molecule has 3 heterocycles. The van der Waals surface area contributed by atoms with Crippen LogP contribution >= 0.6 is 11.9 Å². The quantitative estimate of drug-likeness (QED) is 0.246. The van der Waals surface area contributed by atoms with Gasteiger partial charge in [0, 0.05) is 46.6 Å². The highest BCUT2D eigenvalue weighted by atomic mass is 32.2. The zero-order valence-electron chi connectivity index (χ0n) is 20.7. The third-order valence-corrected chi connectivity index (χ3v) is 6.78. The van der Waals surface area contributed by atoms with Gasteiger partial charge in [0.1, 0.15) is 5.75 Å². The summed E-state index contributed by atoms with van der Waals surface area (Å²) in [6.45, 7) is 4.22.